The maximum absolute atomic E-state index is 12.4. The van der Waals surface area contributed by atoms with Crippen molar-refractivity contribution in [1.82, 2.24) is 20.0 Å². The summed E-state index contributed by atoms with van der Waals surface area (Å²) in [6.45, 7) is 8.22. The Kier molecular flexibility index (Phi) is 5.50. The molecule has 0 saturated carbocycles. The highest BCUT2D eigenvalue weighted by Gasteiger charge is 2.36. The van der Waals surface area contributed by atoms with E-state index in [0.29, 0.717) is 18.3 Å². The summed E-state index contributed by atoms with van der Waals surface area (Å²) in [6, 6.07) is 5.57. The molecule has 26 heavy (non-hydrogen) atoms. The Morgan fingerprint density at radius 2 is 2.23 bits per heavy atom. The highest BCUT2D eigenvalue weighted by atomic mass is 32.2. The number of carbonyl (C=O) groups is 1. The van der Waals surface area contributed by atoms with Crippen molar-refractivity contribution in [2.24, 2.45) is 0 Å². The molecule has 0 spiro atoms. The monoisotopic (exact) mass is 376 g/mol. The van der Waals surface area contributed by atoms with Crippen molar-refractivity contribution in [3.63, 3.8) is 0 Å². The minimum Gasteiger partial charge on any atom is -0.444 e. The summed E-state index contributed by atoms with van der Waals surface area (Å²) < 4.78 is 10.9. The molecule has 0 radical (unpaired) electrons. The van der Waals surface area contributed by atoms with Gasteiger partial charge in [-0.1, -0.05) is 23.0 Å². The average molecular weight is 376 g/mol. The highest BCUT2D eigenvalue weighted by molar-refractivity contribution is 7.99. The third kappa shape index (κ3) is 4.55. The number of hydrogen-bond acceptors (Lipinski definition) is 7. The summed E-state index contributed by atoms with van der Waals surface area (Å²) in [5.74, 6) is 1.07. The lowest BCUT2D eigenvalue weighted by atomic mass is 10.2. The van der Waals surface area contributed by atoms with E-state index in [1.165, 1.54) is 0 Å². The molecule has 0 unspecified atom stereocenters. The van der Waals surface area contributed by atoms with Crippen LogP contribution in [0.15, 0.2) is 33.9 Å². The fourth-order valence-electron chi connectivity index (χ4n) is 2.77. The van der Waals surface area contributed by atoms with Gasteiger partial charge in [0.25, 0.3) is 0 Å². The van der Waals surface area contributed by atoms with Crippen molar-refractivity contribution < 1.29 is 14.1 Å². The minimum absolute atomic E-state index is 0.0254. The van der Waals surface area contributed by atoms with E-state index in [9.17, 15) is 4.79 Å². The smallest absolute Gasteiger partial charge is 0.410 e. The van der Waals surface area contributed by atoms with E-state index >= 15 is 0 Å². The maximum atomic E-state index is 12.4. The second-order valence-electron chi connectivity index (χ2n) is 7.25. The van der Waals surface area contributed by atoms with Crippen molar-refractivity contribution in [3.05, 3.63) is 36.1 Å². The molecule has 2 aromatic heterocycles. The quantitative estimate of drug-likeness (QED) is 0.732. The first kappa shape index (κ1) is 18.7. The molecule has 1 aliphatic heterocycles. The number of likely N-dealkylation sites (tertiary alicyclic amines) is 1. The van der Waals surface area contributed by atoms with Crippen LogP contribution < -0.4 is 0 Å². The van der Waals surface area contributed by atoms with Gasteiger partial charge >= 0.3 is 6.09 Å². The summed E-state index contributed by atoms with van der Waals surface area (Å²) in [6.07, 6.45) is 3.12. The number of rotatable bonds is 4. The number of aromatic nitrogens is 3. The van der Waals surface area contributed by atoms with Crippen LogP contribution in [-0.2, 0) is 4.74 Å². The first-order valence-electron chi connectivity index (χ1n) is 8.74. The molecule has 1 aliphatic rings. The Balaban J connectivity index is 1.69. The van der Waals surface area contributed by atoms with E-state index in [1.807, 2.05) is 45.9 Å². The molecule has 8 heteroatoms. The van der Waals surface area contributed by atoms with E-state index < -0.39 is 5.60 Å². The summed E-state index contributed by atoms with van der Waals surface area (Å²) in [5, 5.41) is 4.99. The number of hydrogen-bond donors (Lipinski definition) is 0. The van der Waals surface area contributed by atoms with E-state index in [1.54, 1.807) is 22.9 Å². The van der Waals surface area contributed by atoms with Crippen LogP contribution in [0.3, 0.4) is 0 Å². The van der Waals surface area contributed by atoms with Gasteiger partial charge in [0, 0.05) is 12.7 Å². The number of amides is 1. The van der Waals surface area contributed by atoms with Crippen molar-refractivity contribution in [2.75, 3.05) is 6.54 Å². The third-order valence-electron chi connectivity index (χ3n) is 3.92. The van der Waals surface area contributed by atoms with Gasteiger partial charge in [-0.3, -0.25) is 4.90 Å². The fourth-order valence-corrected chi connectivity index (χ4v) is 3.61. The minimum atomic E-state index is -0.527. The Morgan fingerprint density at radius 1 is 1.42 bits per heavy atom. The lowest BCUT2D eigenvalue weighted by Gasteiger charge is -2.27. The Hall–Kier alpha value is -2.09. The molecule has 3 heterocycles. The van der Waals surface area contributed by atoms with Crippen molar-refractivity contribution in [3.8, 4) is 0 Å². The molecular formula is C18H24N4O3S. The largest absolute Gasteiger partial charge is 0.444 e. The molecule has 2 atom stereocenters. The van der Waals surface area contributed by atoms with Gasteiger partial charge in [0.1, 0.15) is 5.60 Å². The van der Waals surface area contributed by atoms with E-state index in [2.05, 4.69) is 15.1 Å². The molecule has 0 aromatic carbocycles. The summed E-state index contributed by atoms with van der Waals surface area (Å²) in [4.78, 5) is 23.0. The van der Waals surface area contributed by atoms with Crippen molar-refractivity contribution in [2.45, 2.75) is 62.5 Å². The number of nitrogens with zero attached hydrogens (tertiary/aromatic N) is 4. The van der Waals surface area contributed by atoms with E-state index in [0.717, 1.165) is 17.9 Å². The molecule has 2 aromatic rings. The molecule has 1 saturated heterocycles. The Bertz CT molecular complexity index is 744. The molecular weight excluding hydrogens is 352 g/mol. The zero-order valence-electron chi connectivity index (χ0n) is 15.5. The van der Waals surface area contributed by atoms with Crippen LogP contribution in [0, 0.1) is 0 Å². The normalized spacial score (nSPS) is 18.8. The van der Waals surface area contributed by atoms with Crippen molar-refractivity contribution in [1.29, 1.82) is 0 Å². The van der Waals surface area contributed by atoms with Crippen LogP contribution in [0.2, 0.25) is 0 Å². The van der Waals surface area contributed by atoms with E-state index in [4.69, 9.17) is 9.26 Å². The van der Waals surface area contributed by atoms with Crippen LogP contribution in [-0.4, -0.2) is 38.3 Å². The maximum Gasteiger partial charge on any atom is 0.410 e. The van der Waals surface area contributed by atoms with Crippen LogP contribution >= 0.6 is 11.8 Å². The third-order valence-corrected chi connectivity index (χ3v) is 4.96. The van der Waals surface area contributed by atoms with Gasteiger partial charge in [-0.15, -0.1) is 0 Å². The number of thioether (sulfide) groups is 1. The number of ether oxygens (including phenoxy) is 1. The first-order chi connectivity index (χ1) is 12.3. The predicted octanol–water partition coefficient (Wildman–Crippen LogP) is 4.39. The Labute approximate surface area is 157 Å². The standard InChI is InChI=1S/C18H24N4O3S/c1-12(26-14-9-5-6-10-19-14)16-20-15(21-25-16)13-8-7-11-22(13)17(23)24-18(2,3)4/h5-6,9-10,12-13H,7-8,11H2,1-4H3/t12-,13+/m1/s1. The zero-order valence-corrected chi connectivity index (χ0v) is 16.3. The molecule has 1 amide bonds. The van der Waals surface area contributed by atoms with Crippen LogP contribution in [0.25, 0.3) is 0 Å². The van der Waals surface area contributed by atoms with Crippen LogP contribution in [0.1, 0.15) is 63.5 Å². The van der Waals surface area contributed by atoms with E-state index in [-0.39, 0.29) is 17.4 Å². The lowest BCUT2D eigenvalue weighted by Crippen LogP contribution is -2.36. The molecule has 7 nitrogen and oxygen atoms in total. The summed E-state index contributed by atoms with van der Waals surface area (Å²) in [5.41, 5.74) is -0.527. The van der Waals surface area contributed by atoms with Crippen molar-refractivity contribution >= 4 is 17.9 Å². The van der Waals surface area contributed by atoms with Gasteiger partial charge < -0.3 is 9.26 Å². The summed E-state index contributed by atoms with van der Waals surface area (Å²) in [7, 11) is 0. The van der Waals surface area contributed by atoms with Gasteiger partial charge in [-0.2, -0.15) is 4.98 Å². The average Bonchev–Trinajstić information content (AvgIpc) is 3.23. The topological polar surface area (TPSA) is 81.4 Å². The predicted molar refractivity (Wildman–Crippen MR) is 97.7 cm³/mol. The fraction of sp³-hybridized carbons (Fsp3) is 0.556. The molecule has 1 fully saturated rings. The van der Waals surface area contributed by atoms with Gasteiger partial charge in [0.15, 0.2) is 5.82 Å². The summed E-state index contributed by atoms with van der Waals surface area (Å²) >= 11 is 1.55. The second-order valence-corrected chi connectivity index (χ2v) is 8.61. The van der Waals surface area contributed by atoms with Gasteiger partial charge in [0.05, 0.1) is 16.3 Å². The highest BCUT2D eigenvalue weighted by Crippen LogP contribution is 2.35. The molecule has 140 valence electrons. The molecule has 0 N–H and O–H groups in total. The van der Waals surface area contributed by atoms with Crippen LogP contribution in [0.5, 0.6) is 0 Å². The Morgan fingerprint density at radius 3 is 2.92 bits per heavy atom. The van der Waals surface area contributed by atoms with Gasteiger partial charge in [0.2, 0.25) is 5.89 Å². The SMILES string of the molecule is C[C@@H](Sc1ccccn1)c1nc([C@@H]2CCCN2C(=O)OC(C)(C)C)no1. The lowest BCUT2D eigenvalue weighted by molar-refractivity contribution is 0.0217. The molecule has 3 rings (SSSR count). The molecule has 0 bridgehead atoms. The molecule has 0 aliphatic carbocycles. The zero-order chi connectivity index (χ0) is 18.7. The van der Waals surface area contributed by atoms with Gasteiger partial charge in [-0.25, -0.2) is 9.78 Å². The van der Waals surface area contributed by atoms with Crippen LogP contribution in [0.4, 0.5) is 4.79 Å². The number of carbonyl (C=O) groups excluding carboxylic acids is 1. The number of pyridine rings is 1. The second kappa shape index (κ2) is 7.65. The van der Waals surface area contributed by atoms with Gasteiger partial charge in [-0.05, 0) is 52.7 Å². The first-order valence-corrected chi connectivity index (χ1v) is 9.62.